The van der Waals surface area contributed by atoms with Crippen LogP contribution in [0.1, 0.15) is 86.6 Å². The normalized spacial score (nSPS) is 18.2. The number of aliphatic hydroxyl groups is 1. The number of unbranched alkanes of at least 4 members (excludes halogenated alkanes) is 2. The predicted molar refractivity (Wildman–Crippen MR) is 268 cm³/mol. The molecule has 1 atom stereocenters. The van der Waals surface area contributed by atoms with E-state index in [1.54, 1.807) is 7.11 Å². The SMILES string of the molecule is COc1cc2c3c(c4c(c2cc1N1CCCCC1)-c1ccc(-c2ccccc2)cc1C4(C)C)C=CC(c1ccc(OCCOC(=O)CCCCCO)cc1)(c1ccc(N2CCOCC2)cc1)O3. The zero-order chi connectivity index (χ0) is 46.0. The Labute approximate surface area is 394 Å². The lowest BCUT2D eigenvalue weighted by Gasteiger charge is -2.39. The van der Waals surface area contributed by atoms with Crippen molar-refractivity contribution in [3.05, 3.63) is 143 Å². The van der Waals surface area contributed by atoms with Crippen molar-refractivity contribution in [1.29, 1.82) is 0 Å². The Bertz CT molecular complexity index is 2750. The molecule has 3 aliphatic heterocycles. The van der Waals surface area contributed by atoms with Crippen molar-refractivity contribution >= 4 is 34.2 Å². The lowest BCUT2D eigenvalue weighted by molar-refractivity contribution is -0.144. The van der Waals surface area contributed by atoms with Crippen molar-refractivity contribution < 1.29 is 33.6 Å². The van der Waals surface area contributed by atoms with Crippen LogP contribution in [0.15, 0.2) is 115 Å². The number of fused-ring (bicyclic) bond motifs is 8. The van der Waals surface area contributed by atoms with E-state index in [2.05, 4.69) is 133 Å². The van der Waals surface area contributed by atoms with E-state index in [0.29, 0.717) is 38.2 Å². The Morgan fingerprint density at radius 1 is 0.746 bits per heavy atom. The first-order chi connectivity index (χ1) is 32.8. The second-order valence-corrected chi connectivity index (χ2v) is 18.8. The summed E-state index contributed by atoms with van der Waals surface area (Å²) in [5, 5.41) is 11.2. The number of aliphatic hydroxyl groups excluding tert-OH is 1. The maximum atomic E-state index is 12.3. The lowest BCUT2D eigenvalue weighted by atomic mass is 9.76. The molecule has 2 saturated heterocycles. The topological polar surface area (TPSA) is 89.9 Å². The number of anilines is 2. The van der Waals surface area contributed by atoms with Gasteiger partial charge in [0.1, 0.15) is 30.5 Å². The van der Waals surface area contributed by atoms with E-state index in [1.807, 2.05) is 12.1 Å². The molecule has 0 bridgehead atoms. The van der Waals surface area contributed by atoms with Gasteiger partial charge in [0.15, 0.2) is 5.60 Å². The molecular weight excluding hydrogens is 837 g/mol. The first-order valence-corrected chi connectivity index (χ1v) is 24.3. The highest BCUT2D eigenvalue weighted by Crippen LogP contribution is 2.59. The Hall–Kier alpha value is -6.29. The van der Waals surface area contributed by atoms with Crippen molar-refractivity contribution in [2.45, 2.75) is 69.8 Å². The molecule has 6 aromatic carbocycles. The molecule has 10 rings (SSSR count). The molecule has 346 valence electrons. The van der Waals surface area contributed by atoms with Crippen LogP contribution in [-0.4, -0.2) is 77.4 Å². The third-order valence-electron chi connectivity index (χ3n) is 14.3. The predicted octanol–water partition coefficient (Wildman–Crippen LogP) is 11.5. The summed E-state index contributed by atoms with van der Waals surface area (Å²) in [6, 6.07) is 39.3. The largest absolute Gasteiger partial charge is 0.495 e. The van der Waals surface area contributed by atoms with E-state index in [-0.39, 0.29) is 31.2 Å². The van der Waals surface area contributed by atoms with Crippen molar-refractivity contribution in [3.8, 4) is 39.5 Å². The van der Waals surface area contributed by atoms with Crippen LogP contribution in [0.3, 0.4) is 0 Å². The maximum absolute atomic E-state index is 12.3. The molecule has 9 nitrogen and oxygen atoms in total. The van der Waals surface area contributed by atoms with Gasteiger partial charge < -0.3 is 38.6 Å². The summed E-state index contributed by atoms with van der Waals surface area (Å²) in [5.74, 6) is 2.11. The van der Waals surface area contributed by atoms with E-state index in [4.69, 9.17) is 28.8 Å². The molecule has 1 N–H and O–H groups in total. The van der Waals surface area contributed by atoms with Crippen LogP contribution in [0.4, 0.5) is 11.4 Å². The quantitative estimate of drug-likeness (QED) is 0.0799. The average Bonchev–Trinajstić information content (AvgIpc) is 3.62. The molecule has 0 saturated carbocycles. The number of piperidine rings is 1. The first-order valence-electron chi connectivity index (χ1n) is 24.3. The first kappa shape index (κ1) is 44.5. The third-order valence-corrected chi connectivity index (χ3v) is 14.3. The van der Waals surface area contributed by atoms with Gasteiger partial charge in [-0.2, -0.15) is 0 Å². The van der Waals surface area contributed by atoms with Gasteiger partial charge in [0.05, 0.1) is 26.0 Å². The summed E-state index contributed by atoms with van der Waals surface area (Å²) < 4.78 is 31.3. The molecule has 1 unspecified atom stereocenters. The van der Waals surface area contributed by atoms with Crippen LogP contribution < -0.4 is 24.0 Å². The molecule has 0 aromatic heterocycles. The van der Waals surface area contributed by atoms with E-state index in [1.165, 1.54) is 39.8 Å². The number of nitrogens with zero attached hydrogens (tertiary/aromatic N) is 2. The highest BCUT2D eigenvalue weighted by molar-refractivity contribution is 6.10. The second kappa shape index (κ2) is 19.1. The number of carbonyl (C=O) groups excluding carboxylic acids is 1. The number of morpholine rings is 1. The zero-order valence-electron chi connectivity index (χ0n) is 39.2. The highest BCUT2D eigenvalue weighted by Gasteiger charge is 2.45. The van der Waals surface area contributed by atoms with Crippen LogP contribution in [0.5, 0.6) is 17.2 Å². The highest BCUT2D eigenvalue weighted by atomic mass is 16.6. The molecule has 2 fully saturated rings. The monoisotopic (exact) mass is 898 g/mol. The Kier molecular flexibility index (Phi) is 12.7. The summed E-state index contributed by atoms with van der Waals surface area (Å²) >= 11 is 0. The average molecular weight is 899 g/mol. The smallest absolute Gasteiger partial charge is 0.305 e. The summed E-state index contributed by atoms with van der Waals surface area (Å²) in [7, 11) is 1.79. The molecular formula is C58H62N2O7. The number of ether oxygens (including phenoxy) is 5. The van der Waals surface area contributed by atoms with Crippen LogP contribution in [0.2, 0.25) is 0 Å². The minimum atomic E-state index is -1.00. The van der Waals surface area contributed by atoms with Gasteiger partial charge in [-0.15, -0.1) is 0 Å². The molecule has 1 aliphatic carbocycles. The summed E-state index contributed by atoms with van der Waals surface area (Å²) in [6.45, 7) is 10.4. The summed E-state index contributed by atoms with van der Waals surface area (Å²) in [5.41, 5.74) is 11.5. The molecule has 67 heavy (non-hydrogen) atoms. The van der Waals surface area contributed by atoms with Crippen molar-refractivity contribution in [2.75, 3.05) is 76.1 Å². The molecule has 6 aromatic rings. The standard InChI is InChI=1S/C58H62N2O7/c1-57(2)50-37-41(40-13-7-4-8-14-40)16-25-46(50)54-48-38-51(60-28-10-6-11-29-60)52(63-3)39-49(48)56-47(55(54)57)26-27-58(67-56,42-17-21-44(22-18-42)59-30-33-64-34-31-59)43-19-23-45(24-20-43)65-35-36-66-53(62)15-9-5-12-32-61/h4,7-8,13-14,16-27,37-39,61H,5-6,9-12,15,28-36H2,1-3H3. The van der Waals surface area contributed by atoms with E-state index in [9.17, 15) is 4.79 Å². The van der Waals surface area contributed by atoms with Crippen LogP contribution in [-0.2, 0) is 25.3 Å². The minimum Gasteiger partial charge on any atom is -0.495 e. The van der Waals surface area contributed by atoms with Crippen LogP contribution in [0.25, 0.3) is 39.1 Å². The van der Waals surface area contributed by atoms with Crippen molar-refractivity contribution in [1.82, 2.24) is 0 Å². The number of hydrogen-bond acceptors (Lipinski definition) is 9. The van der Waals surface area contributed by atoms with Crippen LogP contribution >= 0.6 is 0 Å². The van der Waals surface area contributed by atoms with Gasteiger partial charge in [0, 0.05) is 72.4 Å². The van der Waals surface area contributed by atoms with Gasteiger partial charge in [-0.05, 0) is 119 Å². The fourth-order valence-corrected chi connectivity index (χ4v) is 10.8. The molecule has 9 heteroatoms. The fraction of sp³-hybridized carbons (Fsp3) is 0.362. The molecule has 0 radical (unpaired) electrons. The summed E-state index contributed by atoms with van der Waals surface area (Å²) in [6.07, 6.45) is 10.6. The lowest BCUT2D eigenvalue weighted by Crippen LogP contribution is -2.37. The fourth-order valence-electron chi connectivity index (χ4n) is 10.8. The Balaban J connectivity index is 1.08. The van der Waals surface area contributed by atoms with Gasteiger partial charge in [0.25, 0.3) is 0 Å². The third kappa shape index (κ3) is 8.53. The molecule has 0 amide bonds. The number of benzene rings is 6. The Morgan fingerprint density at radius 2 is 1.49 bits per heavy atom. The van der Waals surface area contributed by atoms with Crippen molar-refractivity contribution in [2.24, 2.45) is 0 Å². The van der Waals surface area contributed by atoms with E-state index in [0.717, 1.165) is 95.8 Å². The molecule has 4 aliphatic rings. The van der Waals surface area contributed by atoms with E-state index >= 15 is 0 Å². The van der Waals surface area contributed by atoms with Gasteiger partial charge in [0.2, 0.25) is 0 Å². The number of methoxy groups -OCH3 is 1. The van der Waals surface area contributed by atoms with Gasteiger partial charge in [-0.3, -0.25) is 4.79 Å². The second-order valence-electron chi connectivity index (χ2n) is 18.8. The number of carbonyl (C=O) groups is 1. The maximum Gasteiger partial charge on any atom is 0.305 e. The number of esters is 1. The van der Waals surface area contributed by atoms with E-state index < -0.39 is 5.60 Å². The number of rotatable bonds is 15. The zero-order valence-corrected chi connectivity index (χ0v) is 39.2. The van der Waals surface area contributed by atoms with Gasteiger partial charge in [-0.1, -0.05) is 93.1 Å². The minimum absolute atomic E-state index is 0.136. The van der Waals surface area contributed by atoms with Crippen molar-refractivity contribution in [3.63, 3.8) is 0 Å². The van der Waals surface area contributed by atoms with Crippen LogP contribution in [0, 0.1) is 0 Å². The molecule has 3 heterocycles. The Morgan fingerprint density at radius 3 is 2.22 bits per heavy atom. The number of hydrogen-bond donors (Lipinski definition) is 1. The van der Waals surface area contributed by atoms with Gasteiger partial charge in [-0.25, -0.2) is 0 Å². The van der Waals surface area contributed by atoms with Gasteiger partial charge >= 0.3 is 5.97 Å². The molecule has 0 spiro atoms. The summed E-state index contributed by atoms with van der Waals surface area (Å²) in [4.78, 5) is 17.1.